The molecule has 28 heavy (non-hydrogen) atoms. The van der Waals surface area contributed by atoms with Gasteiger partial charge in [0.1, 0.15) is 0 Å². The van der Waals surface area contributed by atoms with Crippen LogP contribution in [0.25, 0.3) is 0 Å². The zero-order valence-corrected chi connectivity index (χ0v) is 15.7. The van der Waals surface area contributed by atoms with Crippen molar-refractivity contribution in [2.24, 2.45) is 17.8 Å². The number of amides is 2. The number of nitrogens with zero attached hydrogens (tertiary/aromatic N) is 3. The zero-order chi connectivity index (χ0) is 19.5. The smallest absolute Gasteiger partial charge is 0.417 e. The molecule has 1 unspecified atom stereocenters. The highest BCUT2D eigenvalue weighted by Gasteiger charge is 2.52. The minimum atomic E-state index is -4.64. The van der Waals surface area contributed by atoms with Crippen LogP contribution in [0.15, 0.2) is 4.42 Å². The fourth-order valence-corrected chi connectivity index (χ4v) is 6.45. The largest absolute Gasteiger partial charge is 0.470 e. The zero-order valence-electron chi connectivity index (χ0n) is 15.7. The van der Waals surface area contributed by atoms with Gasteiger partial charge in [-0.15, -0.1) is 10.2 Å². The van der Waals surface area contributed by atoms with Crippen LogP contribution in [0.2, 0.25) is 0 Å². The van der Waals surface area contributed by atoms with Crippen molar-refractivity contribution < 1.29 is 22.4 Å². The third-order valence-electron chi connectivity index (χ3n) is 7.15. The molecule has 5 fully saturated rings. The molecule has 2 amide bonds. The molecule has 1 saturated heterocycles. The number of alkyl halides is 3. The molecule has 1 aromatic heterocycles. The lowest BCUT2D eigenvalue weighted by Crippen LogP contribution is -2.62. The molecule has 0 radical (unpaired) electrons. The Morgan fingerprint density at radius 3 is 2.32 bits per heavy atom. The monoisotopic (exact) mass is 398 g/mol. The van der Waals surface area contributed by atoms with Crippen molar-refractivity contribution in [1.82, 2.24) is 20.4 Å². The van der Waals surface area contributed by atoms with Crippen molar-refractivity contribution in [2.75, 3.05) is 13.1 Å². The Kier molecular flexibility index (Phi) is 4.14. The van der Waals surface area contributed by atoms with Gasteiger partial charge in [-0.2, -0.15) is 13.2 Å². The lowest BCUT2D eigenvalue weighted by molar-refractivity contribution is -0.157. The lowest BCUT2D eigenvalue weighted by Gasteiger charge is -2.57. The maximum atomic E-state index is 13.0. The third-order valence-corrected chi connectivity index (χ3v) is 7.15. The summed E-state index contributed by atoms with van der Waals surface area (Å²) in [6, 6.07) is -0.0952. The number of piperidine rings is 1. The van der Waals surface area contributed by atoms with Crippen molar-refractivity contribution in [2.45, 2.75) is 69.0 Å². The summed E-state index contributed by atoms with van der Waals surface area (Å²) in [5, 5.41) is 10.0. The Balaban J connectivity index is 1.25. The predicted molar refractivity (Wildman–Crippen MR) is 92.3 cm³/mol. The van der Waals surface area contributed by atoms with Gasteiger partial charge in [-0.3, -0.25) is 0 Å². The second-order valence-electron chi connectivity index (χ2n) is 9.36. The summed E-state index contributed by atoms with van der Waals surface area (Å²) >= 11 is 0. The van der Waals surface area contributed by atoms with Gasteiger partial charge in [-0.25, -0.2) is 4.79 Å². The first-order valence-electron chi connectivity index (χ1n) is 10.3. The molecule has 1 aliphatic heterocycles. The fraction of sp³-hybridized carbons (Fsp3) is 0.842. The number of hydrogen-bond donors (Lipinski definition) is 1. The molecule has 4 bridgehead atoms. The van der Waals surface area contributed by atoms with Crippen LogP contribution in [0.1, 0.15) is 69.1 Å². The summed E-state index contributed by atoms with van der Waals surface area (Å²) in [4.78, 5) is 14.7. The minimum absolute atomic E-state index is 0.0281. The summed E-state index contributed by atoms with van der Waals surface area (Å²) < 4.78 is 43.0. The number of rotatable bonds is 2. The van der Waals surface area contributed by atoms with Crippen molar-refractivity contribution in [3.8, 4) is 0 Å². The van der Waals surface area contributed by atoms with Crippen LogP contribution < -0.4 is 5.32 Å². The van der Waals surface area contributed by atoms with Gasteiger partial charge in [0.2, 0.25) is 5.89 Å². The molecule has 1 N–H and O–H groups in total. The Hall–Kier alpha value is -1.80. The summed E-state index contributed by atoms with van der Waals surface area (Å²) in [5.74, 6) is 0.510. The van der Waals surface area contributed by atoms with Gasteiger partial charge < -0.3 is 14.6 Å². The molecular weight excluding hydrogens is 373 g/mol. The fourth-order valence-electron chi connectivity index (χ4n) is 6.45. The molecule has 5 aliphatic rings. The van der Waals surface area contributed by atoms with Crippen molar-refractivity contribution in [1.29, 1.82) is 0 Å². The van der Waals surface area contributed by atoms with E-state index >= 15 is 0 Å². The van der Waals surface area contributed by atoms with E-state index in [0.29, 0.717) is 25.9 Å². The third kappa shape index (κ3) is 3.26. The van der Waals surface area contributed by atoms with E-state index in [-0.39, 0.29) is 23.4 Å². The maximum absolute atomic E-state index is 13.0. The van der Waals surface area contributed by atoms with E-state index in [1.54, 1.807) is 4.90 Å². The lowest BCUT2D eigenvalue weighted by atomic mass is 9.53. The van der Waals surface area contributed by atoms with E-state index in [0.717, 1.165) is 37.0 Å². The normalized spacial score (nSPS) is 37.3. The van der Waals surface area contributed by atoms with E-state index in [1.807, 2.05) is 0 Å². The van der Waals surface area contributed by atoms with E-state index in [1.165, 1.54) is 19.3 Å². The molecule has 4 aliphatic carbocycles. The number of hydrogen-bond acceptors (Lipinski definition) is 4. The second-order valence-corrected chi connectivity index (χ2v) is 9.36. The van der Waals surface area contributed by atoms with Gasteiger partial charge in [-0.05, 0) is 69.1 Å². The van der Waals surface area contributed by atoms with Gasteiger partial charge in [0.05, 0.1) is 5.92 Å². The van der Waals surface area contributed by atoms with Crippen LogP contribution in [0.5, 0.6) is 0 Å². The first-order valence-corrected chi connectivity index (χ1v) is 10.3. The highest BCUT2D eigenvalue weighted by atomic mass is 19.4. The predicted octanol–water partition coefficient (Wildman–Crippen LogP) is 3.95. The summed E-state index contributed by atoms with van der Waals surface area (Å²) in [6.45, 7) is 0.923. The van der Waals surface area contributed by atoms with Gasteiger partial charge in [-0.1, -0.05) is 0 Å². The first kappa shape index (κ1) is 18.2. The number of halogens is 3. The number of urea groups is 1. The van der Waals surface area contributed by atoms with E-state index in [2.05, 4.69) is 15.5 Å². The van der Waals surface area contributed by atoms with Crippen LogP contribution in [0.3, 0.4) is 0 Å². The van der Waals surface area contributed by atoms with Crippen LogP contribution in [0.4, 0.5) is 18.0 Å². The SMILES string of the molecule is O=C(NC12CC3CC(CC(C3)C1)C2)N1CCCC(c2nnc(C(F)(F)F)o2)C1. The van der Waals surface area contributed by atoms with Crippen molar-refractivity contribution in [3.05, 3.63) is 11.8 Å². The number of carbonyl (C=O) groups excluding carboxylic acids is 1. The van der Waals surface area contributed by atoms with Gasteiger partial charge in [0.15, 0.2) is 0 Å². The van der Waals surface area contributed by atoms with E-state index in [4.69, 9.17) is 4.42 Å². The molecule has 1 atom stereocenters. The van der Waals surface area contributed by atoms with Crippen LogP contribution >= 0.6 is 0 Å². The highest BCUT2D eigenvalue weighted by Crippen LogP contribution is 2.55. The van der Waals surface area contributed by atoms with Crippen molar-refractivity contribution >= 4 is 6.03 Å². The molecule has 9 heteroatoms. The standard InChI is InChI=1S/C19H25F3N4O2/c20-19(21,22)16-25-24-15(28-16)14-2-1-3-26(10-14)17(27)23-18-7-11-4-12(8-18)6-13(5-11)9-18/h11-14H,1-10H2,(H,23,27). The quantitative estimate of drug-likeness (QED) is 0.819. The van der Waals surface area contributed by atoms with E-state index < -0.39 is 12.1 Å². The highest BCUT2D eigenvalue weighted by molar-refractivity contribution is 5.75. The number of carbonyl (C=O) groups is 1. The molecule has 6 rings (SSSR count). The molecule has 154 valence electrons. The average molecular weight is 398 g/mol. The maximum Gasteiger partial charge on any atom is 0.470 e. The molecule has 2 heterocycles. The number of likely N-dealkylation sites (tertiary alicyclic amines) is 1. The summed E-state index contributed by atoms with van der Waals surface area (Å²) in [6.07, 6.45) is 3.83. The summed E-state index contributed by atoms with van der Waals surface area (Å²) in [5.41, 5.74) is -0.0767. The Labute approximate surface area is 161 Å². The average Bonchev–Trinajstić information content (AvgIpc) is 3.11. The molecule has 4 saturated carbocycles. The van der Waals surface area contributed by atoms with Crippen LogP contribution in [0, 0.1) is 17.8 Å². The Morgan fingerprint density at radius 2 is 1.75 bits per heavy atom. The molecule has 6 nitrogen and oxygen atoms in total. The molecule has 1 aromatic rings. The van der Waals surface area contributed by atoms with Crippen molar-refractivity contribution in [3.63, 3.8) is 0 Å². The Bertz CT molecular complexity index is 727. The van der Waals surface area contributed by atoms with Crippen LogP contribution in [-0.4, -0.2) is 39.8 Å². The van der Waals surface area contributed by atoms with Gasteiger partial charge >= 0.3 is 18.1 Å². The van der Waals surface area contributed by atoms with Gasteiger partial charge in [0.25, 0.3) is 0 Å². The van der Waals surface area contributed by atoms with E-state index in [9.17, 15) is 18.0 Å². The number of aromatic nitrogens is 2. The minimum Gasteiger partial charge on any atom is -0.417 e. The molecular formula is C19H25F3N4O2. The molecule has 0 aromatic carbocycles. The topological polar surface area (TPSA) is 71.3 Å². The molecule has 0 spiro atoms. The summed E-state index contributed by atoms with van der Waals surface area (Å²) in [7, 11) is 0. The first-order chi connectivity index (χ1) is 13.3. The second kappa shape index (κ2) is 6.35. The van der Waals surface area contributed by atoms with Gasteiger partial charge in [0, 0.05) is 18.6 Å². The number of nitrogens with one attached hydrogen (secondary N) is 1. The van der Waals surface area contributed by atoms with Crippen LogP contribution in [-0.2, 0) is 6.18 Å². The Morgan fingerprint density at radius 1 is 1.11 bits per heavy atom.